The number of urea groups is 1. The van der Waals surface area contributed by atoms with Crippen molar-refractivity contribution in [2.75, 3.05) is 6.61 Å². The first kappa shape index (κ1) is 19.9. The average molecular weight is 346 g/mol. The summed E-state index contributed by atoms with van der Waals surface area (Å²) in [6, 6.07) is -1.07. The highest BCUT2D eigenvalue weighted by Gasteiger charge is 2.61. The third-order valence-electron chi connectivity index (χ3n) is 3.49. The largest absolute Gasteiger partial charge is 0.463 e. The van der Waals surface area contributed by atoms with E-state index in [-0.39, 0.29) is 6.61 Å². The molecule has 0 bridgehead atoms. The summed E-state index contributed by atoms with van der Waals surface area (Å²) in [7, 11) is 0. The monoisotopic (exact) mass is 346 g/mol. The number of halogens is 1. The van der Waals surface area contributed by atoms with Gasteiger partial charge in [-0.1, -0.05) is 39.0 Å². The number of unbranched alkanes of at least 4 members (excludes halogenated alkanes) is 5. The van der Waals surface area contributed by atoms with Gasteiger partial charge in [-0.15, -0.1) is 0 Å². The minimum absolute atomic E-state index is 0.0648. The zero-order valence-electron chi connectivity index (χ0n) is 13.9. The van der Waals surface area contributed by atoms with Crippen LogP contribution in [0.25, 0.3) is 0 Å². The molecule has 0 aliphatic carbocycles. The van der Waals surface area contributed by atoms with E-state index in [9.17, 15) is 23.6 Å². The fourth-order valence-corrected chi connectivity index (χ4v) is 2.20. The van der Waals surface area contributed by atoms with Crippen LogP contribution in [0.5, 0.6) is 0 Å². The number of carbonyl (C=O) groups excluding carboxylic acids is 4. The Morgan fingerprint density at radius 1 is 1.17 bits per heavy atom. The molecule has 2 N–H and O–H groups in total. The Morgan fingerprint density at radius 3 is 2.42 bits per heavy atom. The fraction of sp³-hybridized carbons (Fsp3) is 0.733. The third-order valence-corrected chi connectivity index (χ3v) is 3.49. The second kappa shape index (κ2) is 9.19. The molecule has 24 heavy (non-hydrogen) atoms. The number of alkyl halides is 1. The quantitative estimate of drug-likeness (QED) is 0.370. The Morgan fingerprint density at radius 2 is 1.79 bits per heavy atom. The molecule has 1 heterocycles. The van der Waals surface area contributed by atoms with Crippen LogP contribution in [-0.4, -0.2) is 42.4 Å². The maximum Gasteiger partial charge on any atom is 0.360 e. The van der Waals surface area contributed by atoms with E-state index in [1.165, 1.54) is 0 Å². The zero-order chi connectivity index (χ0) is 18.2. The molecule has 0 spiro atoms. The summed E-state index contributed by atoms with van der Waals surface area (Å²) in [5.41, 5.74) is -3.32. The van der Waals surface area contributed by atoms with Crippen LogP contribution in [0, 0.1) is 0 Å². The number of esters is 2. The van der Waals surface area contributed by atoms with Crippen molar-refractivity contribution in [2.45, 2.75) is 64.3 Å². The van der Waals surface area contributed by atoms with Gasteiger partial charge in [0, 0.05) is 6.92 Å². The fourth-order valence-electron chi connectivity index (χ4n) is 2.20. The Kier molecular flexibility index (Phi) is 7.60. The predicted octanol–water partition coefficient (Wildman–Crippen LogP) is 1.33. The molecule has 2 unspecified atom stereocenters. The average Bonchev–Trinajstić information content (AvgIpc) is 2.50. The number of hydrogen-bond acceptors (Lipinski definition) is 6. The van der Waals surface area contributed by atoms with Gasteiger partial charge in [-0.3, -0.25) is 20.2 Å². The van der Waals surface area contributed by atoms with E-state index >= 15 is 0 Å². The Hall–Kier alpha value is -2.19. The molecule has 9 heteroatoms. The minimum atomic E-state index is -3.32. The standard InChI is InChI=1S/C15H23FN2O6/c1-3-4-5-6-7-8-9-23-13(21)15(16)11(20)17-14(22)18-12(15)24-10(2)19/h12H,3-9H2,1-2H3,(H2,17,18,20,22). The summed E-state index contributed by atoms with van der Waals surface area (Å²) in [6.07, 6.45) is 3.54. The van der Waals surface area contributed by atoms with Crippen molar-refractivity contribution in [1.29, 1.82) is 0 Å². The lowest BCUT2D eigenvalue weighted by Crippen LogP contribution is -2.71. The SMILES string of the molecule is CCCCCCCCOC(=O)C1(F)C(=O)NC(=O)NC1OC(C)=O. The molecule has 0 aromatic carbocycles. The topological polar surface area (TPSA) is 111 Å². The Balaban J connectivity index is 2.58. The summed E-state index contributed by atoms with van der Waals surface area (Å²) in [4.78, 5) is 45.9. The smallest absolute Gasteiger partial charge is 0.360 e. The molecular weight excluding hydrogens is 323 g/mol. The molecule has 1 rings (SSSR count). The lowest BCUT2D eigenvalue weighted by Gasteiger charge is -2.33. The molecule has 0 radical (unpaired) electrons. The van der Waals surface area contributed by atoms with Gasteiger partial charge in [0.2, 0.25) is 6.23 Å². The van der Waals surface area contributed by atoms with Gasteiger partial charge in [0.15, 0.2) is 0 Å². The van der Waals surface area contributed by atoms with E-state index in [2.05, 4.69) is 11.7 Å². The van der Waals surface area contributed by atoms with Gasteiger partial charge in [-0.2, -0.15) is 0 Å². The number of carbonyl (C=O) groups is 4. The lowest BCUT2D eigenvalue weighted by atomic mass is 10.0. The van der Waals surface area contributed by atoms with Crippen molar-refractivity contribution in [3.05, 3.63) is 0 Å². The molecule has 2 atom stereocenters. The van der Waals surface area contributed by atoms with Crippen LogP contribution in [-0.2, 0) is 23.9 Å². The zero-order valence-corrected chi connectivity index (χ0v) is 13.9. The number of hydrogen-bond donors (Lipinski definition) is 2. The lowest BCUT2D eigenvalue weighted by molar-refractivity contribution is -0.182. The van der Waals surface area contributed by atoms with E-state index in [0.717, 1.165) is 39.0 Å². The van der Waals surface area contributed by atoms with Crippen molar-refractivity contribution in [2.24, 2.45) is 0 Å². The first-order chi connectivity index (χ1) is 11.3. The maximum absolute atomic E-state index is 14.9. The van der Waals surface area contributed by atoms with E-state index < -0.39 is 35.8 Å². The molecule has 1 aliphatic rings. The van der Waals surface area contributed by atoms with Crippen molar-refractivity contribution < 1.29 is 33.0 Å². The second-order valence-corrected chi connectivity index (χ2v) is 5.53. The highest BCUT2D eigenvalue weighted by molar-refractivity contribution is 6.14. The van der Waals surface area contributed by atoms with E-state index in [4.69, 9.17) is 4.74 Å². The van der Waals surface area contributed by atoms with Gasteiger partial charge in [-0.25, -0.2) is 14.0 Å². The molecule has 3 amide bonds. The summed E-state index contributed by atoms with van der Waals surface area (Å²) in [5, 5.41) is 3.51. The van der Waals surface area contributed by atoms with Crippen LogP contribution < -0.4 is 10.6 Å². The first-order valence-electron chi connectivity index (χ1n) is 7.97. The van der Waals surface area contributed by atoms with E-state index in [1.54, 1.807) is 5.32 Å². The number of rotatable bonds is 9. The first-order valence-corrected chi connectivity index (χ1v) is 7.97. The van der Waals surface area contributed by atoms with Gasteiger partial charge in [0.1, 0.15) is 0 Å². The number of nitrogens with one attached hydrogen (secondary N) is 2. The number of ether oxygens (including phenoxy) is 2. The van der Waals surface area contributed by atoms with Crippen LogP contribution in [0.1, 0.15) is 52.4 Å². The van der Waals surface area contributed by atoms with Gasteiger partial charge in [0.25, 0.3) is 5.91 Å². The summed E-state index contributed by atoms with van der Waals surface area (Å²) >= 11 is 0. The molecular formula is C15H23FN2O6. The van der Waals surface area contributed by atoms with Crippen LogP contribution >= 0.6 is 0 Å². The summed E-state index contributed by atoms with van der Waals surface area (Å²) in [5.74, 6) is -3.98. The molecule has 8 nitrogen and oxygen atoms in total. The molecule has 0 aromatic rings. The minimum Gasteiger partial charge on any atom is -0.463 e. The normalized spacial score (nSPS) is 23.2. The van der Waals surface area contributed by atoms with Crippen LogP contribution in [0.4, 0.5) is 9.18 Å². The molecule has 1 saturated heterocycles. The van der Waals surface area contributed by atoms with Crippen LogP contribution in [0.3, 0.4) is 0 Å². The van der Waals surface area contributed by atoms with Gasteiger partial charge in [-0.05, 0) is 6.42 Å². The van der Waals surface area contributed by atoms with Gasteiger partial charge < -0.3 is 9.47 Å². The number of imide groups is 1. The summed E-state index contributed by atoms with van der Waals surface area (Å²) < 4.78 is 24.2. The van der Waals surface area contributed by atoms with Crippen molar-refractivity contribution in [3.63, 3.8) is 0 Å². The van der Waals surface area contributed by atoms with Gasteiger partial charge >= 0.3 is 23.6 Å². The van der Waals surface area contributed by atoms with Crippen molar-refractivity contribution >= 4 is 23.9 Å². The van der Waals surface area contributed by atoms with Gasteiger partial charge in [0.05, 0.1) is 6.61 Å². The molecule has 136 valence electrons. The maximum atomic E-state index is 14.9. The van der Waals surface area contributed by atoms with Crippen LogP contribution in [0.2, 0.25) is 0 Å². The highest BCUT2D eigenvalue weighted by Crippen LogP contribution is 2.23. The molecule has 0 saturated carbocycles. The molecule has 1 aliphatic heterocycles. The molecule has 1 fully saturated rings. The highest BCUT2D eigenvalue weighted by atomic mass is 19.1. The second-order valence-electron chi connectivity index (χ2n) is 5.53. The van der Waals surface area contributed by atoms with Crippen molar-refractivity contribution in [3.8, 4) is 0 Å². The predicted molar refractivity (Wildman–Crippen MR) is 80.4 cm³/mol. The summed E-state index contributed by atoms with van der Waals surface area (Å²) in [6.45, 7) is 2.99. The Labute approximate surface area is 139 Å². The van der Waals surface area contributed by atoms with E-state index in [0.29, 0.717) is 6.42 Å². The molecule has 0 aromatic heterocycles. The number of amides is 3. The van der Waals surface area contributed by atoms with Crippen LogP contribution in [0.15, 0.2) is 0 Å². The van der Waals surface area contributed by atoms with Crippen molar-refractivity contribution in [1.82, 2.24) is 10.6 Å². The van der Waals surface area contributed by atoms with E-state index in [1.807, 2.05) is 5.32 Å². The Bertz CT molecular complexity index is 496. The third kappa shape index (κ3) is 5.17.